The SMILES string of the molecule is COc1ccc(/C=C\C(=O)Nc2cc(/C=C\c3cc(OC)c(OC)c(OC)c3)ccc2OC)cc1N. The van der Waals surface area contributed by atoms with Crippen LogP contribution in [0.25, 0.3) is 18.2 Å². The number of nitrogen functional groups attached to an aromatic ring is 1. The third kappa shape index (κ3) is 6.29. The molecule has 3 rings (SSSR count). The molecule has 3 aromatic rings. The van der Waals surface area contributed by atoms with Gasteiger partial charge in [-0.2, -0.15) is 0 Å². The number of ether oxygens (including phenoxy) is 5. The average Bonchev–Trinajstić information content (AvgIpc) is 2.90. The van der Waals surface area contributed by atoms with Gasteiger partial charge in [-0.1, -0.05) is 24.3 Å². The number of rotatable bonds is 10. The smallest absolute Gasteiger partial charge is 0.248 e. The zero-order valence-corrected chi connectivity index (χ0v) is 21.0. The van der Waals surface area contributed by atoms with Gasteiger partial charge in [0, 0.05) is 6.08 Å². The molecule has 0 bridgehead atoms. The molecule has 0 saturated carbocycles. The van der Waals surface area contributed by atoms with Crippen molar-refractivity contribution in [2.45, 2.75) is 0 Å². The molecule has 8 heteroatoms. The van der Waals surface area contributed by atoms with Crippen LogP contribution >= 0.6 is 0 Å². The van der Waals surface area contributed by atoms with Crippen molar-refractivity contribution < 1.29 is 28.5 Å². The summed E-state index contributed by atoms with van der Waals surface area (Å²) in [5.41, 5.74) is 9.44. The van der Waals surface area contributed by atoms with Crippen LogP contribution < -0.4 is 34.7 Å². The standard InChI is InChI=1S/C28H30N2O6/c1-32-23-11-8-18(14-21(23)29)10-13-27(31)30-22-15-19(9-12-24(22)33-2)6-7-20-16-25(34-3)28(36-5)26(17-20)35-4/h6-17H,29H2,1-5H3,(H,30,31)/b7-6-,13-10-. The number of carbonyl (C=O) groups excluding carboxylic acids is 1. The van der Waals surface area contributed by atoms with Crippen LogP contribution in [0.1, 0.15) is 16.7 Å². The second-order valence-electron chi connectivity index (χ2n) is 7.58. The highest BCUT2D eigenvalue weighted by Gasteiger charge is 2.12. The van der Waals surface area contributed by atoms with Crippen molar-refractivity contribution in [3.63, 3.8) is 0 Å². The predicted octanol–water partition coefficient (Wildman–Crippen LogP) is 5.13. The first kappa shape index (κ1) is 26.0. The van der Waals surface area contributed by atoms with Gasteiger partial charge in [0.1, 0.15) is 11.5 Å². The normalized spacial score (nSPS) is 10.9. The van der Waals surface area contributed by atoms with Gasteiger partial charge >= 0.3 is 0 Å². The number of benzene rings is 3. The number of hydrogen-bond donors (Lipinski definition) is 2. The van der Waals surface area contributed by atoms with Crippen molar-refractivity contribution in [2.75, 3.05) is 46.6 Å². The van der Waals surface area contributed by atoms with E-state index in [1.165, 1.54) is 6.08 Å². The van der Waals surface area contributed by atoms with E-state index in [0.29, 0.717) is 40.1 Å². The zero-order valence-electron chi connectivity index (χ0n) is 21.0. The topological polar surface area (TPSA) is 101 Å². The van der Waals surface area contributed by atoms with E-state index in [0.717, 1.165) is 16.7 Å². The summed E-state index contributed by atoms with van der Waals surface area (Å²) in [6.45, 7) is 0. The van der Waals surface area contributed by atoms with Gasteiger partial charge in [0.05, 0.1) is 46.9 Å². The molecular formula is C28H30N2O6. The van der Waals surface area contributed by atoms with E-state index in [2.05, 4.69) is 5.32 Å². The fourth-order valence-electron chi connectivity index (χ4n) is 3.52. The lowest BCUT2D eigenvalue weighted by molar-refractivity contribution is -0.111. The minimum atomic E-state index is -0.312. The first-order valence-corrected chi connectivity index (χ1v) is 11.0. The van der Waals surface area contributed by atoms with Crippen molar-refractivity contribution in [1.82, 2.24) is 0 Å². The van der Waals surface area contributed by atoms with Crippen molar-refractivity contribution in [1.29, 1.82) is 0 Å². The van der Waals surface area contributed by atoms with Crippen LogP contribution in [0.4, 0.5) is 11.4 Å². The number of nitrogens with one attached hydrogen (secondary N) is 1. The molecule has 0 aliphatic rings. The summed E-state index contributed by atoms with van der Waals surface area (Å²) in [6.07, 6.45) is 6.92. The first-order valence-electron chi connectivity index (χ1n) is 11.0. The molecule has 1 amide bonds. The quantitative estimate of drug-likeness (QED) is 0.231. The Labute approximate surface area is 210 Å². The Kier molecular flexibility index (Phi) is 8.83. The molecule has 0 aliphatic carbocycles. The number of anilines is 2. The molecule has 0 aliphatic heterocycles. The Hall–Kier alpha value is -4.59. The highest BCUT2D eigenvalue weighted by atomic mass is 16.5. The third-order valence-corrected chi connectivity index (χ3v) is 5.32. The molecule has 0 unspecified atom stereocenters. The summed E-state index contributed by atoms with van der Waals surface area (Å²) < 4.78 is 26.8. The fraction of sp³-hybridized carbons (Fsp3) is 0.179. The van der Waals surface area contributed by atoms with E-state index in [9.17, 15) is 4.79 Å². The summed E-state index contributed by atoms with van der Waals surface area (Å²) >= 11 is 0. The minimum absolute atomic E-state index is 0.312. The van der Waals surface area contributed by atoms with Gasteiger partial charge < -0.3 is 34.7 Å². The summed E-state index contributed by atoms with van der Waals surface area (Å²) in [5.74, 6) is 2.45. The fourth-order valence-corrected chi connectivity index (χ4v) is 3.52. The molecule has 0 heterocycles. The maximum absolute atomic E-state index is 12.6. The van der Waals surface area contributed by atoms with Gasteiger partial charge in [-0.3, -0.25) is 4.79 Å². The molecule has 3 N–H and O–H groups in total. The number of methoxy groups -OCH3 is 5. The molecule has 0 fully saturated rings. The maximum atomic E-state index is 12.6. The predicted molar refractivity (Wildman–Crippen MR) is 143 cm³/mol. The average molecular weight is 491 g/mol. The van der Waals surface area contributed by atoms with Gasteiger partial charge in [-0.05, 0) is 59.2 Å². The Morgan fingerprint density at radius 3 is 1.78 bits per heavy atom. The van der Waals surface area contributed by atoms with E-state index < -0.39 is 0 Å². The summed E-state index contributed by atoms with van der Waals surface area (Å²) in [5, 5.41) is 2.86. The molecule has 36 heavy (non-hydrogen) atoms. The lowest BCUT2D eigenvalue weighted by Crippen LogP contribution is -2.09. The van der Waals surface area contributed by atoms with Crippen LogP contribution in [0.3, 0.4) is 0 Å². The van der Waals surface area contributed by atoms with E-state index in [1.54, 1.807) is 59.8 Å². The molecule has 0 saturated heterocycles. The third-order valence-electron chi connectivity index (χ3n) is 5.32. The molecule has 0 aromatic heterocycles. The monoisotopic (exact) mass is 490 g/mol. The lowest BCUT2D eigenvalue weighted by atomic mass is 10.1. The highest BCUT2D eigenvalue weighted by molar-refractivity contribution is 6.03. The van der Waals surface area contributed by atoms with Gasteiger partial charge in [-0.15, -0.1) is 0 Å². The van der Waals surface area contributed by atoms with Crippen molar-refractivity contribution in [2.24, 2.45) is 0 Å². The van der Waals surface area contributed by atoms with Crippen molar-refractivity contribution >= 4 is 35.5 Å². The summed E-state index contributed by atoms with van der Waals surface area (Å²) in [6, 6.07) is 14.5. The van der Waals surface area contributed by atoms with Gasteiger partial charge in [-0.25, -0.2) is 0 Å². The van der Waals surface area contributed by atoms with Crippen LogP contribution in [-0.4, -0.2) is 41.5 Å². The molecule has 0 radical (unpaired) electrons. The highest BCUT2D eigenvalue weighted by Crippen LogP contribution is 2.38. The summed E-state index contributed by atoms with van der Waals surface area (Å²) in [4.78, 5) is 12.6. The Bertz CT molecular complexity index is 1260. The van der Waals surface area contributed by atoms with E-state index >= 15 is 0 Å². The van der Waals surface area contributed by atoms with Crippen LogP contribution in [-0.2, 0) is 4.79 Å². The number of nitrogens with two attached hydrogens (primary N) is 1. The first-order chi connectivity index (χ1) is 17.4. The van der Waals surface area contributed by atoms with E-state index in [-0.39, 0.29) is 5.91 Å². The molecule has 8 nitrogen and oxygen atoms in total. The van der Waals surface area contributed by atoms with Crippen molar-refractivity contribution in [3.05, 3.63) is 71.3 Å². The largest absolute Gasteiger partial charge is 0.495 e. The van der Waals surface area contributed by atoms with Gasteiger partial charge in [0.15, 0.2) is 11.5 Å². The molecule has 3 aromatic carbocycles. The van der Waals surface area contributed by atoms with Crippen LogP contribution in [0.5, 0.6) is 28.7 Å². The summed E-state index contributed by atoms with van der Waals surface area (Å²) in [7, 11) is 7.80. The zero-order chi connectivity index (χ0) is 26.1. The van der Waals surface area contributed by atoms with Gasteiger partial charge in [0.2, 0.25) is 11.7 Å². The van der Waals surface area contributed by atoms with E-state index in [1.807, 2.05) is 42.5 Å². The minimum Gasteiger partial charge on any atom is -0.495 e. The lowest BCUT2D eigenvalue weighted by Gasteiger charge is -2.13. The molecule has 188 valence electrons. The maximum Gasteiger partial charge on any atom is 0.248 e. The Morgan fingerprint density at radius 2 is 1.22 bits per heavy atom. The Balaban J connectivity index is 1.80. The number of hydrogen-bond acceptors (Lipinski definition) is 7. The molecule has 0 atom stereocenters. The number of amides is 1. The van der Waals surface area contributed by atoms with Crippen molar-refractivity contribution in [3.8, 4) is 28.7 Å². The van der Waals surface area contributed by atoms with Crippen LogP contribution in [0.15, 0.2) is 54.6 Å². The second kappa shape index (κ2) is 12.2. The molecule has 0 spiro atoms. The van der Waals surface area contributed by atoms with Gasteiger partial charge in [0.25, 0.3) is 0 Å². The Morgan fingerprint density at radius 1 is 0.667 bits per heavy atom. The van der Waals surface area contributed by atoms with Crippen LogP contribution in [0, 0.1) is 0 Å². The van der Waals surface area contributed by atoms with E-state index in [4.69, 9.17) is 29.4 Å². The van der Waals surface area contributed by atoms with Crippen LogP contribution in [0.2, 0.25) is 0 Å². The molecular weight excluding hydrogens is 460 g/mol. The number of carbonyl (C=O) groups is 1. The second-order valence-corrected chi connectivity index (χ2v) is 7.58.